The van der Waals surface area contributed by atoms with E-state index in [0.717, 1.165) is 30.6 Å². The van der Waals surface area contributed by atoms with Gasteiger partial charge in [-0.25, -0.2) is 19.6 Å². The highest BCUT2D eigenvalue weighted by Crippen LogP contribution is 2.34. The second kappa shape index (κ2) is 10.8. The number of ether oxygens (including phenoxy) is 1. The fourth-order valence-corrected chi connectivity index (χ4v) is 3.09. The van der Waals surface area contributed by atoms with Crippen LogP contribution in [-0.4, -0.2) is 51.4 Å². The maximum absolute atomic E-state index is 13.0. The van der Waals surface area contributed by atoms with Crippen LogP contribution in [0.4, 0.5) is 13.2 Å². The number of guanidine groups is 1. The summed E-state index contributed by atoms with van der Waals surface area (Å²) in [6.07, 6.45) is -1.53. The Kier molecular flexibility index (Phi) is 8.67. The first-order valence-corrected chi connectivity index (χ1v) is 9.47. The molecule has 0 aliphatic carbocycles. The maximum atomic E-state index is 13.0. The van der Waals surface area contributed by atoms with Crippen molar-refractivity contribution >= 4 is 29.9 Å². The lowest BCUT2D eigenvalue weighted by Gasteiger charge is -2.25. The Bertz CT molecular complexity index is 857. The van der Waals surface area contributed by atoms with E-state index in [4.69, 9.17) is 4.74 Å². The quantitative estimate of drug-likeness (QED) is 0.254. The Balaban J connectivity index is 0.00000320. The van der Waals surface area contributed by atoms with E-state index in [1.54, 1.807) is 0 Å². The molecule has 166 valence electrons. The molecular weight excluding hydrogens is 514 g/mol. The van der Waals surface area contributed by atoms with E-state index in [0.29, 0.717) is 19.0 Å². The lowest BCUT2D eigenvalue weighted by atomic mass is 10.1. The van der Waals surface area contributed by atoms with E-state index in [2.05, 4.69) is 30.7 Å². The van der Waals surface area contributed by atoms with E-state index in [9.17, 15) is 13.2 Å². The topological polar surface area (TPSA) is 89.2 Å². The summed E-state index contributed by atoms with van der Waals surface area (Å²) in [6, 6.07) is 2.31. The van der Waals surface area contributed by atoms with Crippen LogP contribution in [-0.2, 0) is 19.1 Å². The van der Waals surface area contributed by atoms with Gasteiger partial charge in [0, 0.05) is 25.2 Å². The lowest BCUT2D eigenvalue weighted by Crippen LogP contribution is -2.47. The molecule has 2 aromatic rings. The smallest absolute Gasteiger partial charge is 0.421 e. The van der Waals surface area contributed by atoms with Gasteiger partial charge in [-0.3, -0.25) is 0 Å². The monoisotopic (exact) mass is 539 g/mol. The Morgan fingerprint density at radius 2 is 2.20 bits per heavy atom. The van der Waals surface area contributed by atoms with Gasteiger partial charge in [0.2, 0.25) is 5.88 Å². The number of nitrogens with one attached hydrogen (secondary N) is 2. The van der Waals surface area contributed by atoms with E-state index in [1.165, 1.54) is 12.3 Å². The molecule has 8 nitrogen and oxygen atoms in total. The Morgan fingerprint density at radius 1 is 1.40 bits per heavy atom. The zero-order valence-electron chi connectivity index (χ0n) is 16.7. The van der Waals surface area contributed by atoms with Crippen LogP contribution in [0.3, 0.4) is 0 Å². The van der Waals surface area contributed by atoms with E-state index >= 15 is 0 Å². The number of halogens is 4. The Labute approximate surface area is 189 Å². The highest BCUT2D eigenvalue weighted by molar-refractivity contribution is 14.0. The van der Waals surface area contributed by atoms with Crippen molar-refractivity contribution in [2.75, 3.05) is 19.7 Å². The molecule has 3 heterocycles. The summed E-state index contributed by atoms with van der Waals surface area (Å²) in [5.41, 5.74) is -0.893. The zero-order valence-corrected chi connectivity index (χ0v) is 19.1. The number of aromatic nitrogens is 4. The van der Waals surface area contributed by atoms with E-state index in [1.807, 2.05) is 18.5 Å². The van der Waals surface area contributed by atoms with E-state index < -0.39 is 17.6 Å². The molecule has 0 amide bonds. The summed E-state index contributed by atoms with van der Waals surface area (Å²) in [5, 5.41) is 10.9. The van der Waals surface area contributed by atoms with Gasteiger partial charge >= 0.3 is 6.18 Å². The first-order valence-electron chi connectivity index (χ1n) is 9.47. The number of hydrogen-bond acceptors (Lipinski definition) is 5. The molecule has 0 radical (unpaired) electrons. The predicted octanol–water partition coefficient (Wildman–Crippen LogP) is 2.57. The summed E-state index contributed by atoms with van der Waals surface area (Å²) < 4.78 is 46.0. The number of aryl methyl sites for hydroxylation is 2. The third-order valence-electron chi connectivity index (χ3n) is 4.33. The number of nitrogens with zero attached hydrogens (tertiary/aromatic N) is 5. The summed E-state index contributed by atoms with van der Waals surface area (Å²) in [4.78, 5) is 12.5. The van der Waals surface area contributed by atoms with Gasteiger partial charge in [-0.05, 0) is 32.4 Å². The predicted molar refractivity (Wildman–Crippen MR) is 116 cm³/mol. The van der Waals surface area contributed by atoms with Crippen molar-refractivity contribution in [3.63, 3.8) is 0 Å². The van der Waals surface area contributed by atoms with Crippen LogP contribution in [0, 0.1) is 6.92 Å². The Morgan fingerprint density at radius 3 is 2.93 bits per heavy atom. The van der Waals surface area contributed by atoms with Crippen molar-refractivity contribution < 1.29 is 17.9 Å². The number of aliphatic imine (C=N–C) groups is 1. The number of rotatable bonds is 6. The molecule has 0 fully saturated rings. The normalized spacial score (nSPS) is 16.4. The molecule has 30 heavy (non-hydrogen) atoms. The molecule has 0 bridgehead atoms. The molecular formula is C18H25F3IN7O. The van der Waals surface area contributed by atoms with Gasteiger partial charge in [0.05, 0.1) is 13.1 Å². The van der Waals surface area contributed by atoms with Gasteiger partial charge in [-0.1, -0.05) is 0 Å². The summed E-state index contributed by atoms with van der Waals surface area (Å²) in [6.45, 7) is 5.31. The second-order valence-electron chi connectivity index (χ2n) is 6.60. The van der Waals surface area contributed by atoms with Crippen molar-refractivity contribution in [1.82, 2.24) is 30.4 Å². The van der Waals surface area contributed by atoms with Crippen LogP contribution in [0.5, 0.6) is 5.88 Å². The summed E-state index contributed by atoms with van der Waals surface area (Å²) >= 11 is 0. The van der Waals surface area contributed by atoms with Crippen LogP contribution < -0.4 is 15.4 Å². The molecule has 2 N–H and O–H groups in total. The fourth-order valence-electron chi connectivity index (χ4n) is 3.09. The molecule has 0 saturated carbocycles. The average Bonchev–Trinajstić information content (AvgIpc) is 3.04. The molecule has 0 spiro atoms. The minimum Gasteiger partial charge on any atom is -0.475 e. The molecule has 1 unspecified atom stereocenters. The second-order valence-corrected chi connectivity index (χ2v) is 6.60. The first kappa shape index (κ1) is 24.2. The number of fused-ring (bicyclic) bond motifs is 1. The number of hydrogen-bond donors (Lipinski definition) is 2. The van der Waals surface area contributed by atoms with Gasteiger partial charge in [0.15, 0.2) is 5.96 Å². The zero-order chi connectivity index (χ0) is 20.9. The van der Waals surface area contributed by atoms with Crippen LogP contribution in [0.1, 0.15) is 30.6 Å². The Hall–Kier alpha value is -2.12. The van der Waals surface area contributed by atoms with Crippen molar-refractivity contribution in [3.05, 3.63) is 35.5 Å². The first-order chi connectivity index (χ1) is 13.9. The van der Waals surface area contributed by atoms with Gasteiger partial charge in [-0.2, -0.15) is 18.3 Å². The van der Waals surface area contributed by atoms with Crippen LogP contribution in [0.2, 0.25) is 0 Å². The minimum atomic E-state index is -4.51. The van der Waals surface area contributed by atoms with Gasteiger partial charge in [-0.15, -0.1) is 24.0 Å². The number of alkyl halides is 3. The van der Waals surface area contributed by atoms with Gasteiger partial charge < -0.3 is 15.4 Å². The minimum absolute atomic E-state index is 0. The van der Waals surface area contributed by atoms with Gasteiger partial charge in [0.25, 0.3) is 0 Å². The van der Waals surface area contributed by atoms with E-state index in [-0.39, 0.29) is 43.2 Å². The fraction of sp³-hybridized carbons (Fsp3) is 0.556. The van der Waals surface area contributed by atoms with Crippen molar-refractivity contribution in [2.45, 2.75) is 45.5 Å². The van der Waals surface area contributed by atoms with Gasteiger partial charge in [0.1, 0.15) is 23.8 Å². The average molecular weight is 539 g/mol. The van der Waals surface area contributed by atoms with Crippen LogP contribution in [0.25, 0.3) is 0 Å². The van der Waals surface area contributed by atoms with Crippen molar-refractivity contribution in [2.24, 2.45) is 4.99 Å². The highest BCUT2D eigenvalue weighted by atomic mass is 127. The van der Waals surface area contributed by atoms with Crippen molar-refractivity contribution in [1.29, 1.82) is 0 Å². The molecule has 0 saturated heterocycles. The van der Waals surface area contributed by atoms with Crippen molar-refractivity contribution in [3.8, 4) is 5.88 Å². The molecule has 0 aromatic carbocycles. The molecule has 3 rings (SSSR count). The van der Waals surface area contributed by atoms with Crippen LogP contribution in [0.15, 0.2) is 23.3 Å². The third-order valence-corrected chi connectivity index (χ3v) is 4.33. The lowest BCUT2D eigenvalue weighted by molar-refractivity contribution is -0.139. The number of pyridine rings is 1. The maximum Gasteiger partial charge on any atom is 0.421 e. The summed E-state index contributed by atoms with van der Waals surface area (Å²) in [7, 11) is 0. The molecule has 12 heteroatoms. The summed E-state index contributed by atoms with van der Waals surface area (Å²) in [5.74, 6) is 1.88. The SMILES string of the molecule is CCNC(=NCCOc1ncccc1C(F)(F)F)NC1CCc2nc(C)nn2C1.I. The largest absolute Gasteiger partial charge is 0.475 e. The molecule has 1 aliphatic rings. The highest BCUT2D eigenvalue weighted by Gasteiger charge is 2.35. The molecule has 2 aromatic heterocycles. The molecule has 1 aliphatic heterocycles. The van der Waals surface area contributed by atoms with Crippen LogP contribution >= 0.6 is 24.0 Å². The third kappa shape index (κ3) is 6.44. The molecule has 1 atom stereocenters. The standard InChI is InChI=1S/C18H24F3N7O.HI/c1-3-22-17(26-13-6-7-15-25-12(2)27-28(15)11-13)24-9-10-29-16-14(18(19,20)21)5-4-8-23-16;/h4-5,8,13H,3,6-7,9-11H2,1-2H3,(H2,22,24,26);1H.